The van der Waals surface area contributed by atoms with Crippen molar-refractivity contribution in [3.05, 3.63) is 33.6 Å². The summed E-state index contributed by atoms with van der Waals surface area (Å²) in [7, 11) is 0. The molecule has 1 saturated heterocycles. The van der Waals surface area contributed by atoms with Crippen LogP contribution in [0.25, 0.3) is 0 Å². The van der Waals surface area contributed by atoms with Gasteiger partial charge in [0, 0.05) is 42.8 Å². The van der Waals surface area contributed by atoms with E-state index in [2.05, 4.69) is 10.2 Å². The fraction of sp³-hybridized carbons (Fsp3) is 0.538. The first kappa shape index (κ1) is 14.1. The zero-order valence-corrected chi connectivity index (χ0v) is 11.9. The van der Waals surface area contributed by atoms with E-state index in [-0.39, 0.29) is 16.9 Å². The summed E-state index contributed by atoms with van der Waals surface area (Å²) in [4.78, 5) is 2.26. The summed E-state index contributed by atoms with van der Waals surface area (Å²) in [6.45, 7) is 5.71. The predicted octanol–water partition coefficient (Wildman–Crippen LogP) is 3.49. The minimum atomic E-state index is -0.380. The van der Waals surface area contributed by atoms with Gasteiger partial charge in [-0.05, 0) is 18.6 Å². The van der Waals surface area contributed by atoms with Crippen molar-refractivity contribution in [2.75, 3.05) is 26.2 Å². The first-order chi connectivity index (χ1) is 8.65. The average Bonchev–Trinajstić information content (AvgIpc) is 2.40. The van der Waals surface area contributed by atoms with Gasteiger partial charge in [-0.3, -0.25) is 4.90 Å². The average molecular weight is 291 g/mol. The van der Waals surface area contributed by atoms with E-state index < -0.39 is 0 Å². The molecule has 0 spiro atoms. The third kappa shape index (κ3) is 2.80. The van der Waals surface area contributed by atoms with Crippen molar-refractivity contribution in [1.82, 2.24) is 10.2 Å². The Bertz CT molecular complexity index is 420. The second-order valence-corrected chi connectivity index (χ2v) is 5.28. The second kappa shape index (κ2) is 6.20. The standard InChI is InChI=1S/C13H17Cl2FN2/c1-2-11(18-7-5-17-6-8-18)12-9(14)3-4-10(15)13(12)16/h3-4,11,17H,2,5-8H2,1H3/t11-/m0/s1. The van der Waals surface area contributed by atoms with Gasteiger partial charge in [0.05, 0.1) is 5.02 Å². The van der Waals surface area contributed by atoms with Crippen LogP contribution in [0.15, 0.2) is 12.1 Å². The van der Waals surface area contributed by atoms with E-state index in [0.717, 1.165) is 32.6 Å². The van der Waals surface area contributed by atoms with E-state index in [4.69, 9.17) is 23.2 Å². The lowest BCUT2D eigenvalue weighted by Gasteiger charge is -2.35. The molecule has 2 nitrogen and oxygen atoms in total. The zero-order valence-electron chi connectivity index (χ0n) is 10.3. The van der Waals surface area contributed by atoms with Gasteiger partial charge in [0.1, 0.15) is 5.82 Å². The van der Waals surface area contributed by atoms with Crippen LogP contribution in [0.5, 0.6) is 0 Å². The number of rotatable bonds is 3. The third-order valence-electron chi connectivity index (χ3n) is 3.39. The SMILES string of the molecule is CC[C@@H](c1c(Cl)ccc(Cl)c1F)N1CCNCC1. The molecule has 5 heteroatoms. The Morgan fingerprint density at radius 1 is 1.28 bits per heavy atom. The van der Waals surface area contributed by atoms with Crippen molar-refractivity contribution in [2.45, 2.75) is 19.4 Å². The molecular formula is C13H17Cl2FN2. The lowest BCUT2D eigenvalue weighted by atomic mass is 10.0. The van der Waals surface area contributed by atoms with Gasteiger partial charge < -0.3 is 5.32 Å². The molecule has 1 aromatic carbocycles. The van der Waals surface area contributed by atoms with Gasteiger partial charge in [-0.25, -0.2) is 4.39 Å². The number of hydrogen-bond acceptors (Lipinski definition) is 2. The van der Waals surface area contributed by atoms with Gasteiger partial charge >= 0.3 is 0 Å². The van der Waals surface area contributed by atoms with Crippen LogP contribution >= 0.6 is 23.2 Å². The number of hydrogen-bond donors (Lipinski definition) is 1. The highest BCUT2D eigenvalue weighted by Gasteiger charge is 2.26. The Morgan fingerprint density at radius 3 is 2.50 bits per heavy atom. The van der Waals surface area contributed by atoms with Crippen LogP contribution in [0.2, 0.25) is 10.0 Å². The highest BCUT2D eigenvalue weighted by atomic mass is 35.5. The lowest BCUT2D eigenvalue weighted by molar-refractivity contribution is 0.166. The highest BCUT2D eigenvalue weighted by molar-refractivity contribution is 6.33. The molecule has 1 aliphatic heterocycles. The third-order valence-corrected chi connectivity index (χ3v) is 4.01. The van der Waals surface area contributed by atoms with Crippen molar-refractivity contribution in [3.63, 3.8) is 0 Å². The smallest absolute Gasteiger partial charge is 0.148 e. The predicted molar refractivity (Wildman–Crippen MR) is 73.9 cm³/mol. The molecule has 1 fully saturated rings. The number of halogens is 3. The summed E-state index contributed by atoms with van der Waals surface area (Å²) in [5.74, 6) is -0.380. The molecule has 0 aromatic heterocycles. The van der Waals surface area contributed by atoms with E-state index >= 15 is 0 Å². The summed E-state index contributed by atoms with van der Waals surface area (Å²) in [6.07, 6.45) is 0.816. The Morgan fingerprint density at radius 2 is 1.89 bits per heavy atom. The van der Waals surface area contributed by atoms with Crippen LogP contribution in [0.4, 0.5) is 4.39 Å². The van der Waals surface area contributed by atoms with Crippen molar-refractivity contribution < 1.29 is 4.39 Å². The molecule has 100 valence electrons. The van der Waals surface area contributed by atoms with Crippen LogP contribution in [-0.4, -0.2) is 31.1 Å². The summed E-state index contributed by atoms with van der Waals surface area (Å²) in [5, 5.41) is 3.89. The summed E-state index contributed by atoms with van der Waals surface area (Å²) in [5.41, 5.74) is 0.536. The van der Waals surface area contributed by atoms with Crippen LogP contribution in [-0.2, 0) is 0 Å². The van der Waals surface area contributed by atoms with Gasteiger partial charge in [0.2, 0.25) is 0 Å². The fourth-order valence-corrected chi connectivity index (χ4v) is 2.92. The van der Waals surface area contributed by atoms with E-state index in [1.54, 1.807) is 6.07 Å². The maximum atomic E-state index is 14.2. The zero-order chi connectivity index (χ0) is 13.1. The van der Waals surface area contributed by atoms with Crippen LogP contribution in [0.1, 0.15) is 24.9 Å². The largest absolute Gasteiger partial charge is 0.314 e. The van der Waals surface area contributed by atoms with Crippen molar-refractivity contribution in [1.29, 1.82) is 0 Å². The molecule has 1 aliphatic rings. The van der Waals surface area contributed by atoms with Crippen molar-refractivity contribution >= 4 is 23.2 Å². The van der Waals surface area contributed by atoms with Crippen LogP contribution < -0.4 is 5.32 Å². The molecule has 1 aromatic rings. The quantitative estimate of drug-likeness (QED) is 0.858. The van der Waals surface area contributed by atoms with Gasteiger partial charge in [0.25, 0.3) is 0 Å². The Labute approximate surface area is 117 Å². The monoisotopic (exact) mass is 290 g/mol. The lowest BCUT2D eigenvalue weighted by Crippen LogP contribution is -2.45. The Balaban J connectivity index is 2.34. The van der Waals surface area contributed by atoms with Gasteiger partial charge in [-0.1, -0.05) is 30.1 Å². The maximum absolute atomic E-state index is 14.2. The van der Waals surface area contributed by atoms with Crippen LogP contribution in [0, 0.1) is 5.82 Å². The fourth-order valence-electron chi connectivity index (χ4n) is 2.49. The molecule has 1 N–H and O–H groups in total. The molecule has 1 heterocycles. The molecule has 0 saturated carbocycles. The molecule has 2 rings (SSSR count). The van der Waals surface area contributed by atoms with Gasteiger partial charge in [-0.2, -0.15) is 0 Å². The van der Waals surface area contributed by atoms with E-state index in [1.165, 1.54) is 6.07 Å². The van der Waals surface area contributed by atoms with Gasteiger partial charge in [0.15, 0.2) is 0 Å². The minimum absolute atomic E-state index is 0.00157. The molecule has 1 atom stereocenters. The second-order valence-electron chi connectivity index (χ2n) is 4.47. The first-order valence-corrected chi connectivity index (χ1v) is 6.99. The van der Waals surface area contributed by atoms with Gasteiger partial charge in [-0.15, -0.1) is 0 Å². The number of nitrogens with zero attached hydrogens (tertiary/aromatic N) is 1. The van der Waals surface area contributed by atoms with Crippen molar-refractivity contribution in [2.24, 2.45) is 0 Å². The van der Waals surface area contributed by atoms with E-state index in [0.29, 0.717) is 10.6 Å². The molecule has 0 aliphatic carbocycles. The van der Waals surface area contributed by atoms with Crippen LogP contribution in [0.3, 0.4) is 0 Å². The Kier molecular flexibility index (Phi) is 4.84. The normalized spacial score (nSPS) is 18.9. The molecule has 0 radical (unpaired) electrons. The summed E-state index contributed by atoms with van der Waals surface area (Å²) >= 11 is 12.0. The molecule has 18 heavy (non-hydrogen) atoms. The molecule has 0 bridgehead atoms. The number of benzene rings is 1. The number of nitrogens with one attached hydrogen (secondary N) is 1. The number of piperazine rings is 1. The van der Waals surface area contributed by atoms with Crippen molar-refractivity contribution in [3.8, 4) is 0 Å². The minimum Gasteiger partial charge on any atom is -0.314 e. The highest BCUT2D eigenvalue weighted by Crippen LogP contribution is 2.35. The van der Waals surface area contributed by atoms with E-state index in [1.807, 2.05) is 6.92 Å². The summed E-state index contributed by atoms with van der Waals surface area (Å²) in [6, 6.07) is 3.18. The molecular weight excluding hydrogens is 274 g/mol. The van der Waals surface area contributed by atoms with E-state index in [9.17, 15) is 4.39 Å². The summed E-state index contributed by atoms with van der Waals surface area (Å²) < 4.78 is 14.2. The molecule has 0 amide bonds. The topological polar surface area (TPSA) is 15.3 Å². The maximum Gasteiger partial charge on any atom is 0.148 e. The first-order valence-electron chi connectivity index (χ1n) is 6.23. The Hall–Kier alpha value is -0.350. The molecule has 0 unspecified atom stereocenters.